The number of aryl methyl sites for hydroxylation is 1. The number of nitrogens with two attached hydrogens (primary N) is 1. The van der Waals surface area contributed by atoms with Crippen LogP contribution in [0.15, 0.2) is 18.2 Å². The zero-order valence-electron chi connectivity index (χ0n) is 11.2. The summed E-state index contributed by atoms with van der Waals surface area (Å²) in [5.41, 5.74) is 7.45. The second-order valence-corrected chi connectivity index (χ2v) is 4.87. The molecule has 0 bridgehead atoms. The minimum Gasteiger partial charge on any atom is -0.354 e. The lowest BCUT2D eigenvalue weighted by Gasteiger charge is -2.18. The van der Waals surface area contributed by atoms with Crippen molar-refractivity contribution in [1.82, 2.24) is 5.32 Å². The van der Waals surface area contributed by atoms with E-state index in [1.807, 2.05) is 20.8 Å². The van der Waals surface area contributed by atoms with Crippen LogP contribution in [0.4, 0.5) is 4.39 Å². The number of amides is 1. The van der Waals surface area contributed by atoms with E-state index in [1.54, 1.807) is 6.07 Å². The molecule has 1 amide bonds. The summed E-state index contributed by atoms with van der Waals surface area (Å²) in [5.74, 6) is -0.667. The molecule has 0 spiro atoms. The molecule has 0 aromatic heterocycles. The average molecular weight is 252 g/mol. The fourth-order valence-corrected chi connectivity index (χ4v) is 1.81. The molecule has 0 saturated heterocycles. The molecule has 1 rings (SSSR count). The standard InChI is InChI=1S/C14H21FN2O/c1-9(2)17-14(18)12(8-16)6-11-7-13(15)5-4-10(11)3/h4-5,7,9,12H,6,8,16H2,1-3H3,(H,17,18). The van der Waals surface area contributed by atoms with Gasteiger partial charge in [-0.15, -0.1) is 0 Å². The van der Waals surface area contributed by atoms with Crippen molar-refractivity contribution in [3.05, 3.63) is 35.1 Å². The molecule has 100 valence electrons. The lowest BCUT2D eigenvalue weighted by atomic mass is 9.95. The highest BCUT2D eigenvalue weighted by Crippen LogP contribution is 2.15. The lowest BCUT2D eigenvalue weighted by molar-refractivity contribution is -0.125. The summed E-state index contributed by atoms with van der Waals surface area (Å²) in [6.07, 6.45) is 0.471. The molecular weight excluding hydrogens is 231 g/mol. The molecule has 0 aliphatic rings. The predicted molar refractivity (Wildman–Crippen MR) is 70.7 cm³/mol. The van der Waals surface area contributed by atoms with Crippen molar-refractivity contribution in [2.75, 3.05) is 6.54 Å². The molecule has 0 radical (unpaired) electrons. The molecule has 3 N–H and O–H groups in total. The van der Waals surface area contributed by atoms with Gasteiger partial charge in [-0.05, 0) is 50.5 Å². The number of carbonyl (C=O) groups is 1. The van der Waals surface area contributed by atoms with Gasteiger partial charge >= 0.3 is 0 Å². The first-order valence-electron chi connectivity index (χ1n) is 6.19. The highest BCUT2D eigenvalue weighted by molar-refractivity contribution is 5.79. The van der Waals surface area contributed by atoms with Crippen LogP contribution in [0.25, 0.3) is 0 Å². The van der Waals surface area contributed by atoms with Gasteiger partial charge in [0.2, 0.25) is 5.91 Å². The van der Waals surface area contributed by atoms with Gasteiger partial charge in [0.1, 0.15) is 5.82 Å². The van der Waals surface area contributed by atoms with Crippen molar-refractivity contribution in [3.63, 3.8) is 0 Å². The Hall–Kier alpha value is -1.42. The van der Waals surface area contributed by atoms with E-state index in [9.17, 15) is 9.18 Å². The zero-order chi connectivity index (χ0) is 13.7. The number of hydrogen-bond acceptors (Lipinski definition) is 2. The molecule has 1 atom stereocenters. The van der Waals surface area contributed by atoms with Crippen molar-refractivity contribution in [2.24, 2.45) is 11.7 Å². The Morgan fingerprint density at radius 1 is 1.44 bits per heavy atom. The smallest absolute Gasteiger partial charge is 0.224 e. The molecule has 18 heavy (non-hydrogen) atoms. The van der Waals surface area contributed by atoms with E-state index < -0.39 is 0 Å². The number of benzene rings is 1. The molecule has 3 nitrogen and oxygen atoms in total. The average Bonchev–Trinajstić information content (AvgIpc) is 2.29. The van der Waals surface area contributed by atoms with Gasteiger partial charge in [0.25, 0.3) is 0 Å². The van der Waals surface area contributed by atoms with Gasteiger partial charge in [-0.1, -0.05) is 6.07 Å². The molecular formula is C14H21FN2O. The van der Waals surface area contributed by atoms with Crippen molar-refractivity contribution in [1.29, 1.82) is 0 Å². The van der Waals surface area contributed by atoms with Crippen molar-refractivity contribution in [3.8, 4) is 0 Å². The Bertz CT molecular complexity index is 418. The number of halogens is 1. The molecule has 1 aromatic rings. The maximum absolute atomic E-state index is 13.2. The third-order valence-electron chi connectivity index (χ3n) is 2.86. The monoisotopic (exact) mass is 252 g/mol. The van der Waals surface area contributed by atoms with Crippen LogP contribution in [0.5, 0.6) is 0 Å². The first-order chi connectivity index (χ1) is 8.43. The second kappa shape index (κ2) is 6.50. The number of nitrogens with one attached hydrogen (secondary N) is 1. The largest absolute Gasteiger partial charge is 0.354 e. The quantitative estimate of drug-likeness (QED) is 0.839. The summed E-state index contributed by atoms with van der Waals surface area (Å²) < 4.78 is 13.2. The van der Waals surface area contributed by atoms with Crippen molar-refractivity contribution >= 4 is 5.91 Å². The van der Waals surface area contributed by atoms with Crippen LogP contribution in [0.3, 0.4) is 0 Å². The fraction of sp³-hybridized carbons (Fsp3) is 0.500. The lowest BCUT2D eigenvalue weighted by Crippen LogP contribution is -2.39. The van der Waals surface area contributed by atoms with Crippen LogP contribution in [-0.4, -0.2) is 18.5 Å². The third-order valence-corrected chi connectivity index (χ3v) is 2.86. The Kier molecular flexibility index (Phi) is 5.28. The van der Waals surface area contributed by atoms with Crippen molar-refractivity contribution in [2.45, 2.75) is 33.2 Å². The predicted octanol–water partition coefficient (Wildman–Crippen LogP) is 1.78. The van der Waals surface area contributed by atoms with E-state index in [4.69, 9.17) is 5.73 Å². The minimum absolute atomic E-state index is 0.0730. The molecule has 4 heteroatoms. The summed E-state index contributed by atoms with van der Waals surface area (Å²) in [6, 6.07) is 4.70. The van der Waals surface area contributed by atoms with Crippen LogP contribution in [-0.2, 0) is 11.2 Å². The topological polar surface area (TPSA) is 55.1 Å². The summed E-state index contributed by atoms with van der Waals surface area (Å²) >= 11 is 0. The first kappa shape index (κ1) is 14.6. The van der Waals surface area contributed by atoms with Gasteiger partial charge in [-0.2, -0.15) is 0 Å². The zero-order valence-corrected chi connectivity index (χ0v) is 11.2. The minimum atomic E-state index is -0.312. The van der Waals surface area contributed by atoms with Gasteiger partial charge in [-0.25, -0.2) is 4.39 Å². The van der Waals surface area contributed by atoms with Gasteiger partial charge in [0.05, 0.1) is 5.92 Å². The highest BCUT2D eigenvalue weighted by Gasteiger charge is 2.19. The summed E-state index contributed by atoms with van der Waals surface area (Å²) in [5, 5.41) is 2.84. The van der Waals surface area contributed by atoms with Gasteiger partial charge in [0.15, 0.2) is 0 Å². The van der Waals surface area contributed by atoms with Gasteiger partial charge < -0.3 is 11.1 Å². The second-order valence-electron chi connectivity index (χ2n) is 4.87. The van der Waals surface area contributed by atoms with Crippen LogP contribution in [0, 0.1) is 18.7 Å². The number of carbonyl (C=O) groups excluding carboxylic acids is 1. The third kappa shape index (κ3) is 4.11. The van der Waals surface area contributed by atoms with E-state index in [-0.39, 0.29) is 30.2 Å². The normalized spacial score (nSPS) is 12.6. The highest BCUT2D eigenvalue weighted by atomic mass is 19.1. The van der Waals surface area contributed by atoms with Gasteiger partial charge in [0, 0.05) is 12.6 Å². The van der Waals surface area contributed by atoms with E-state index in [2.05, 4.69) is 5.32 Å². The van der Waals surface area contributed by atoms with Crippen LogP contribution in [0.1, 0.15) is 25.0 Å². The Morgan fingerprint density at radius 3 is 2.67 bits per heavy atom. The molecule has 0 aliphatic carbocycles. The van der Waals surface area contributed by atoms with E-state index in [0.29, 0.717) is 6.42 Å². The van der Waals surface area contributed by atoms with Crippen LogP contribution >= 0.6 is 0 Å². The van der Waals surface area contributed by atoms with Crippen LogP contribution in [0.2, 0.25) is 0 Å². The fourth-order valence-electron chi connectivity index (χ4n) is 1.81. The number of rotatable bonds is 5. The van der Waals surface area contributed by atoms with Crippen LogP contribution < -0.4 is 11.1 Å². The summed E-state index contributed by atoms with van der Waals surface area (Å²) in [4.78, 5) is 11.9. The molecule has 0 fully saturated rings. The molecule has 0 saturated carbocycles. The van der Waals surface area contributed by atoms with E-state index in [0.717, 1.165) is 11.1 Å². The summed E-state index contributed by atoms with van der Waals surface area (Å²) in [6.45, 7) is 5.97. The maximum atomic E-state index is 13.2. The molecule has 0 aliphatic heterocycles. The molecule has 0 heterocycles. The van der Waals surface area contributed by atoms with Gasteiger partial charge in [-0.3, -0.25) is 4.79 Å². The maximum Gasteiger partial charge on any atom is 0.224 e. The molecule has 1 aromatic carbocycles. The van der Waals surface area contributed by atoms with Crippen molar-refractivity contribution < 1.29 is 9.18 Å². The summed E-state index contributed by atoms with van der Waals surface area (Å²) in [7, 11) is 0. The Balaban J connectivity index is 2.79. The Labute approximate surface area is 108 Å². The van der Waals surface area contributed by atoms with E-state index >= 15 is 0 Å². The first-order valence-corrected chi connectivity index (χ1v) is 6.19. The molecule has 1 unspecified atom stereocenters. The van der Waals surface area contributed by atoms with E-state index in [1.165, 1.54) is 12.1 Å². The Morgan fingerprint density at radius 2 is 2.11 bits per heavy atom. The number of hydrogen-bond donors (Lipinski definition) is 2. The SMILES string of the molecule is Cc1ccc(F)cc1CC(CN)C(=O)NC(C)C.